The molecule has 1 fully saturated rings. The summed E-state index contributed by atoms with van der Waals surface area (Å²) in [5.74, 6) is 1.62. The molecule has 2 aliphatic rings. The highest BCUT2D eigenvalue weighted by Gasteiger charge is 2.41. The second kappa shape index (κ2) is 7.64. The summed E-state index contributed by atoms with van der Waals surface area (Å²) in [5.41, 5.74) is 1.48. The topological polar surface area (TPSA) is 67.4 Å². The molecule has 0 saturated carbocycles. The molecule has 0 amide bonds. The van der Waals surface area contributed by atoms with Crippen LogP contribution in [0, 0.1) is 0 Å². The van der Waals surface area contributed by atoms with E-state index in [1.165, 1.54) is 0 Å². The van der Waals surface area contributed by atoms with E-state index in [0.717, 1.165) is 62.3 Å². The quantitative estimate of drug-likeness (QED) is 0.896. The van der Waals surface area contributed by atoms with Gasteiger partial charge in [0.1, 0.15) is 11.4 Å². The highest BCUT2D eigenvalue weighted by Crippen LogP contribution is 2.39. The summed E-state index contributed by atoms with van der Waals surface area (Å²) in [6.45, 7) is 5.57. The van der Waals surface area contributed by atoms with Crippen molar-refractivity contribution >= 4 is 11.7 Å². The van der Waals surface area contributed by atoms with Crippen LogP contribution < -0.4 is 10.1 Å². The second-order valence-electron chi connectivity index (χ2n) is 7.46. The third kappa shape index (κ3) is 3.95. The molecule has 0 bridgehead atoms. The summed E-state index contributed by atoms with van der Waals surface area (Å²) < 4.78 is 6.37. The summed E-state index contributed by atoms with van der Waals surface area (Å²) in [6, 6.07) is 7.62. The number of fused-ring (bicyclic) bond motifs is 1. The number of anilines is 1. The molecule has 0 radical (unpaired) electrons. The van der Waals surface area contributed by atoms with Gasteiger partial charge in [-0.05, 0) is 38.4 Å². The number of nitrogens with zero attached hydrogens (tertiary/aromatic N) is 3. The van der Waals surface area contributed by atoms with Gasteiger partial charge in [-0.1, -0.05) is 12.1 Å². The molecule has 1 unspecified atom stereocenters. The van der Waals surface area contributed by atoms with Crippen LogP contribution in [0.1, 0.15) is 48.5 Å². The van der Waals surface area contributed by atoms with Crippen molar-refractivity contribution < 1.29 is 9.53 Å². The van der Waals surface area contributed by atoms with Crippen molar-refractivity contribution in [3.8, 4) is 5.75 Å². The summed E-state index contributed by atoms with van der Waals surface area (Å²) in [4.78, 5) is 23.7. The molecule has 27 heavy (non-hydrogen) atoms. The Bertz CT molecular complexity index is 808. The summed E-state index contributed by atoms with van der Waals surface area (Å²) in [6.07, 6.45) is 7.07. The fourth-order valence-corrected chi connectivity index (χ4v) is 4.05. The summed E-state index contributed by atoms with van der Waals surface area (Å²) >= 11 is 0. The number of benzene rings is 1. The van der Waals surface area contributed by atoms with Gasteiger partial charge in [0.05, 0.1) is 12.0 Å². The molecular formula is C21H26N4O2. The number of nitrogens with one attached hydrogen (secondary N) is 1. The number of rotatable bonds is 4. The van der Waals surface area contributed by atoms with E-state index >= 15 is 0 Å². The van der Waals surface area contributed by atoms with E-state index in [9.17, 15) is 4.79 Å². The molecule has 1 N–H and O–H groups in total. The van der Waals surface area contributed by atoms with E-state index in [1.54, 1.807) is 0 Å². The number of hydrogen-bond acceptors (Lipinski definition) is 6. The largest absolute Gasteiger partial charge is 0.486 e. The van der Waals surface area contributed by atoms with E-state index in [0.29, 0.717) is 12.4 Å². The Labute approximate surface area is 160 Å². The molecule has 1 atom stereocenters. The van der Waals surface area contributed by atoms with E-state index in [4.69, 9.17) is 4.74 Å². The minimum absolute atomic E-state index is 0.206. The first kappa shape index (κ1) is 17.9. The molecule has 3 heterocycles. The van der Waals surface area contributed by atoms with Gasteiger partial charge in [0.15, 0.2) is 5.78 Å². The molecule has 1 aromatic carbocycles. The van der Waals surface area contributed by atoms with Crippen LogP contribution in [0.3, 0.4) is 0 Å². The number of hydrogen-bond donors (Lipinski definition) is 1. The Morgan fingerprint density at radius 1 is 1.19 bits per heavy atom. The number of likely N-dealkylation sites (tertiary alicyclic amines) is 1. The van der Waals surface area contributed by atoms with Crippen LogP contribution in [0.2, 0.25) is 0 Å². The van der Waals surface area contributed by atoms with Gasteiger partial charge in [-0.15, -0.1) is 0 Å². The number of aromatic nitrogens is 2. The van der Waals surface area contributed by atoms with Gasteiger partial charge < -0.3 is 10.1 Å². The van der Waals surface area contributed by atoms with Gasteiger partial charge in [-0.3, -0.25) is 9.69 Å². The number of para-hydroxylation sites is 1. The summed E-state index contributed by atoms with van der Waals surface area (Å²) in [5, 5.41) is 3.12. The first-order valence-electron chi connectivity index (χ1n) is 9.76. The van der Waals surface area contributed by atoms with Crippen molar-refractivity contribution in [3.05, 3.63) is 47.8 Å². The predicted octanol–water partition coefficient (Wildman–Crippen LogP) is 3.30. The minimum Gasteiger partial charge on any atom is -0.486 e. The fraction of sp³-hybridized carbons (Fsp3) is 0.476. The molecule has 4 rings (SSSR count). The molecule has 6 heteroatoms. The van der Waals surface area contributed by atoms with Gasteiger partial charge >= 0.3 is 0 Å². The van der Waals surface area contributed by atoms with Crippen LogP contribution in [0.4, 0.5) is 5.95 Å². The van der Waals surface area contributed by atoms with Gasteiger partial charge in [0, 0.05) is 44.0 Å². The lowest BCUT2D eigenvalue weighted by molar-refractivity contribution is 0.0299. The van der Waals surface area contributed by atoms with E-state index in [1.807, 2.05) is 43.6 Å². The van der Waals surface area contributed by atoms with Crippen molar-refractivity contribution in [2.45, 2.75) is 44.8 Å². The number of carbonyl (C=O) groups is 1. The molecule has 0 aliphatic carbocycles. The normalized spacial score (nSPS) is 22.8. The number of ether oxygens (including phenoxy) is 1. The third-order valence-electron chi connectivity index (χ3n) is 5.43. The Hall–Kier alpha value is -2.47. The van der Waals surface area contributed by atoms with Crippen molar-refractivity contribution in [1.82, 2.24) is 14.9 Å². The minimum atomic E-state index is -0.356. The standard InChI is InChI=1S/C21H26N4O2/c1-2-22-20-23-13-16(14-24-20)15-25-10-5-8-21(9-11-25)12-18(26)17-6-3-4-7-19(17)27-21/h3-4,6-7,13-14H,2,5,8-12,15H2,1H3,(H,22,23,24). The lowest BCUT2D eigenvalue weighted by Crippen LogP contribution is -2.42. The molecule has 1 spiro atoms. The van der Waals surface area contributed by atoms with Crippen LogP contribution in [-0.2, 0) is 6.54 Å². The Morgan fingerprint density at radius 3 is 2.81 bits per heavy atom. The number of Topliss-reactive ketones (excluding diaryl/α,β-unsaturated/α-hetero) is 1. The monoisotopic (exact) mass is 366 g/mol. The number of ketones is 1. The average molecular weight is 366 g/mol. The SMILES string of the molecule is CCNc1ncc(CN2CCCC3(CC2)CC(=O)c2ccccc2O3)cn1. The zero-order valence-corrected chi connectivity index (χ0v) is 15.8. The first-order chi connectivity index (χ1) is 13.2. The maximum absolute atomic E-state index is 12.6. The molecule has 142 valence electrons. The Kier molecular flexibility index (Phi) is 5.07. The van der Waals surface area contributed by atoms with Crippen LogP contribution in [-0.4, -0.2) is 45.9 Å². The fourth-order valence-electron chi connectivity index (χ4n) is 4.05. The molecular weight excluding hydrogens is 340 g/mol. The smallest absolute Gasteiger partial charge is 0.222 e. The van der Waals surface area contributed by atoms with Crippen LogP contribution in [0.15, 0.2) is 36.7 Å². The van der Waals surface area contributed by atoms with Gasteiger partial charge in [0.25, 0.3) is 0 Å². The highest BCUT2D eigenvalue weighted by molar-refractivity contribution is 6.00. The Balaban J connectivity index is 1.41. The van der Waals surface area contributed by atoms with Crippen molar-refractivity contribution in [2.75, 3.05) is 25.0 Å². The highest BCUT2D eigenvalue weighted by atomic mass is 16.5. The zero-order valence-electron chi connectivity index (χ0n) is 15.8. The Morgan fingerprint density at radius 2 is 2.00 bits per heavy atom. The molecule has 1 saturated heterocycles. The molecule has 1 aromatic heterocycles. The van der Waals surface area contributed by atoms with Crippen molar-refractivity contribution in [2.24, 2.45) is 0 Å². The van der Waals surface area contributed by atoms with Crippen LogP contribution in [0.25, 0.3) is 0 Å². The average Bonchev–Trinajstić information content (AvgIpc) is 2.86. The maximum Gasteiger partial charge on any atom is 0.222 e. The summed E-state index contributed by atoms with van der Waals surface area (Å²) in [7, 11) is 0. The second-order valence-corrected chi connectivity index (χ2v) is 7.46. The predicted molar refractivity (Wildman–Crippen MR) is 104 cm³/mol. The zero-order chi connectivity index (χ0) is 18.7. The first-order valence-corrected chi connectivity index (χ1v) is 9.76. The van der Waals surface area contributed by atoms with Crippen LogP contribution >= 0.6 is 0 Å². The van der Waals surface area contributed by atoms with Crippen molar-refractivity contribution in [1.29, 1.82) is 0 Å². The van der Waals surface area contributed by atoms with Crippen molar-refractivity contribution in [3.63, 3.8) is 0 Å². The third-order valence-corrected chi connectivity index (χ3v) is 5.43. The van der Waals surface area contributed by atoms with Gasteiger partial charge in [-0.2, -0.15) is 0 Å². The van der Waals surface area contributed by atoms with E-state index in [2.05, 4.69) is 20.2 Å². The lowest BCUT2D eigenvalue weighted by atomic mass is 9.84. The van der Waals surface area contributed by atoms with E-state index < -0.39 is 0 Å². The van der Waals surface area contributed by atoms with Crippen LogP contribution in [0.5, 0.6) is 5.75 Å². The number of carbonyl (C=O) groups excluding carboxylic acids is 1. The molecule has 2 aliphatic heterocycles. The van der Waals surface area contributed by atoms with Gasteiger partial charge in [-0.25, -0.2) is 9.97 Å². The molecule has 6 nitrogen and oxygen atoms in total. The van der Waals surface area contributed by atoms with Gasteiger partial charge in [0.2, 0.25) is 5.95 Å². The molecule has 2 aromatic rings. The lowest BCUT2D eigenvalue weighted by Gasteiger charge is -2.37. The maximum atomic E-state index is 12.6. The van der Waals surface area contributed by atoms with E-state index in [-0.39, 0.29) is 11.4 Å².